The Balaban J connectivity index is 2.98. The number of carboxylic acid groups (broad SMARTS) is 1. The van der Waals surface area contributed by atoms with Crippen molar-refractivity contribution in [2.24, 2.45) is 0 Å². The predicted octanol–water partition coefficient (Wildman–Crippen LogP) is 0.955. The topological polar surface area (TPSA) is 52.6 Å². The number of hydrogen-bond acceptors (Lipinski definition) is 3. The maximum atomic E-state index is 10.6. The molecule has 2 N–H and O–H groups in total. The number of nitrogens with zero attached hydrogens (tertiary/aromatic N) is 1. The minimum atomic E-state index is -0.911. The Morgan fingerprint density at radius 1 is 1.54 bits per heavy atom. The molecule has 4 heteroatoms. The number of nitrogens with one attached hydrogen (secondary N) is 1. The van der Waals surface area contributed by atoms with Gasteiger partial charge in [-0.15, -0.1) is 0 Å². The highest BCUT2D eigenvalue weighted by Crippen LogP contribution is 2.12. The summed E-state index contributed by atoms with van der Waals surface area (Å²) in [6.45, 7) is 0. The van der Waals surface area contributed by atoms with E-state index in [1.165, 1.54) is 0 Å². The van der Waals surface area contributed by atoms with Crippen molar-refractivity contribution in [3.8, 4) is 0 Å². The van der Waals surface area contributed by atoms with Gasteiger partial charge < -0.3 is 10.1 Å². The van der Waals surface area contributed by atoms with Crippen LogP contribution in [0, 0.1) is 0 Å². The Morgan fingerprint density at radius 2 is 2.23 bits per heavy atom. The number of anilines is 1. The summed E-state index contributed by atoms with van der Waals surface area (Å²) in [5.41, 5.74) is 4.00. The number of rotatable bonds is 3. The average Bonchev–Trinajstić information content (AvgIpc) is 2.17. The number of hydrazine groups is 1. The molecule has 0 heterocycles. The third-order valence-electron chi connectivity index (χ3n) is 1.82. The van der Waals surface area contributed by atoms with Crippen molar-refractivity contribution < 1.29 is 9.90 Å². The fourth-order valence-electron chi connectivity index (χ4n) is 0.977. The minimum Gasteiger partial charge on any atom is -0.478 e. The Morgan fingerprint density at radius 3 is 2.77 bits per heavy atom. The van der Waals surface area contributed by atoms with E-state index in [2.05, 4.69) is 5.43 Å². The molecule has 0 bridgehead atoms. The van der Waals surface area contributed by atoms with Crippen LogP contribution in [0.4, 0.5) is 5.69 Å². The predicted molar refractivity (Wildman–Crippen MR) is 50.9 cm³/mol. The summed E-state index contributed by atoms with van der Waals surface area (Å²) >= 11 is 0. The number of benzene rings is 1. The van der Waals surface area contributed by atoms with Crippen LogP contribution in [0.1, 0.15) is 10.4 Å². The molecule has 0 spiro atoms. The molecule has 0 amide bonds. The van der Waals surface area contributed by atoms with Crippen LogP contribution in [0.5, 0.6) is 0 Å². The van der Waals surface area contributed by atoms with Gasteiger partial charge in [0.1, 0.15) is 0 Å². The summed E-state index contributed by atoms with van der Waals surface area (Å²) in [5, 5.41) is 10.5. The third-order valence-corrected chi connectivity index (χ3v) is 1.82. The second kappa shape index (κ2) is 3.91. The largest absolute Gasteiger partial charge is 0.478 e. The van der Waals surface area contributed by atoms with E-state index in [0.29, 0.717) is 5.56 Å². The number of carboxylic acids is 1. The summed E-state index contributed by atoms with van der Waals surface area (Å²) in [5.74, 6) is -0.911. The fourth-order valence-corrected chi connectivity index (χ4v) is 0.977. The Kier molecular flexibility index (Phi) is 2.87. The highest BCUT2D eigenvalue weighted by Gasteiger charge is 2.04. The van der Waals surface area contributed by atoms with Crippen LogP contribution in [-0.2, 0) is 0 Å². The third kappa shape index (κ3) is 2.19. The van der Waals surface area contributed by atoms with E-state index in [-0.39, 0.29) is 0 Å². The first kappa shape index (κ1) is 9.54. The van der Waals surface area contributed by atoms with E-state index in [9.17, 15) is 4.79 Å². The molecule has 0 aliphatic heterocycles. The maximum absolute atomic E-state index is 10.6. The van der Waals surface area contributed by atoms with Crippen molar-refractivity contribution in [2.75, 3.05) is 19.1 Å². The second-order valence-electron chi connectivity index (χ2n) is 2.64. The van der Waals surface area contributed by atoms with Crippen molar-refractivity contribution in [1.82, 2.24) is 5.43 Å². The van der Waals surface area contributed by atoms with E-state index < -0.39 is 5.97 Å². The lowest BCUT2D eigenvalue weighted by Crippen LogP contribution is -2.30. The molecule has 0 saturated heterocycles. The van der Waals surface area contributed by atoms with Crippen LogP contribution < -0.4 is 10.4 Å². The first-order valence-electron chi connectivity index (χ1n) is 3.89. The first-order valence-corrected chi connectivity index (χ1v) is 3.89. The molecule has 0 atom stereocenters. The summed E-state index contributed by atoms with van der Waals surface area (Å²) in [7, 11) is 3.59. The van der Waals surface area contributed by atoms with Gasteiger partial charge >= 0.3 is 5.97 Å². The van der Waals surface area contributed by atoms with Gasteiger partial charge in [-0.05, 0) is 18.2 Å². The molecule has 70 valence electrons. The van der Waals surface area contributed by atoms with Gasteiger partial charge in [0.25, 0.3) is 0 Å². The maximum Gasteiger partial charge on any atom is 0.335 e. The SMILES string of the molecule is CNN(C)c1cccc(C(=O)O)c1. The normalized spacial score (nSPS) is 9.69. The van der Waals surface area contributed by atoms with Gasteiger partial charge in [0, 0.05) is 14.1 Å². The van der Waals surface area contributed by atoms with Crippen LogP contribution in [0.15, 0.2) is 24.3 Å². The van der Waals surface area contributed by atoms with Gasteiger partial charge in [0.2, 0.25) is 0 Å². The molecular formula is C9H12N2O2. The van der Waals surface area contributed by atoms with Crippen LogP contribution >= 0.6 is 0 Å². The Bertz CT molecular complexity index is 312. The van der Waals surface area contributed by atoms with Crippen LogP contribution in [-0.4, -0.2) is 25.2 Å². The second-order valence-corrected chi connectivity index (χ2v) is 2.64. The lowest BCUT2D eigenvalue weighted by Gasteiger charge is -2.17. The van der Waals surface area contributed by atoms with E-state index in [1.54, 1.807) is 30.3 Å². The minimum absolute atomic E-state index is 0.291. The lowest BCUT2D eigenvalue weighted by molar-refractivity contribution is 0.0697. The van der Waals surface area contributed by atoms with Crippen LogP contribution in [0.2, 0.25) is 0 Å². The molecular weight excluding hydrogens is 168 g/mol. The van der Waals surface area contributed by atoms with E-state index >= 15 is 0 Å². The zero-order valence-electron chi connectivity index (χ0n) is 7.61. The monoisotopic (exact) mass is 180 g/mol. The smallest absolute Gasteiger partial charge is 0.335 e. The summed E-state index contributed by atoms with van der Waals surface area (Å²) in [6.07, 6.45) is 0. The molecule has 0 radical (unpaired) electrons. The zero-order valence-corrected chi connectivity index (χ0v) is 7.61. The molecule has 0 aliphatic carbocycles. The van der Waals surface area contributed by atoms with Gasteiger partial charge in [-0.1, -0.05) is 6.07 Å². The van der Waals surface area contributed by atoms with E-state index in [1.807, 2.05) is 13.1 Å². The van der Waals surface area contributed by atoms with Gasteiger partial charge in [-0.3, -0.25) is 0 Å². The molecule has 0 saturated carbocycles. The van der Waals surface area contributed by atoms with Crippen molar-refractivity contribution in [2.45, 2.75) is 0 Å². The van der Waals surface area contributed by atoms with Crippen LogP contribution in [0.3, 0.4) is 0 Å². The molecule has 1 aromatic rings. The van der Waals surface area contributed by atoms with Crippen LogP contribution in [0.25, 0.3) is 0 Å². The molecule has 4 nitrogen and oxygen atoms in total. The number of aromatic carboxylic acids is 1. The van der Waals surface area contributed by atoms with Crippen molar-refractivity contribution in [1.29, 1.82) is 0 Å². The van der Waals surface area contributed by atoms with Gasteiger partial charge in [-0.25, -0.2) is 10.2 Å². The molecule has 1 aromatic carbocycles. The molecule has 0 unspecified atom stereocenters. The zero-order chi connectivity index (χ0) is 9.84. The van der Waals surface area contributed by atoms with Gasteiger partial charge in [0.05, 0.1) is 11.3 Å². The van der Waals surface area contributed by atoms with E-state index in [0.717, 1.165) is 5.69 Å². The highest BCUT2D eigenvalue weighted by molar-refractivity contribution is 5.88. The Hall–Kier alpha value is -1.55. The molecule has 0 aliphatic rings. The van der Waals surface area contributed by atoms with Gasteiger partial charge in [0.15, 0.2) is 0 Å². The summed E-state index contributed by atoms with van der Waals surface area (Å²) in [4.78, 5) is 10.6. The lowest BCUT2D eigenvalue weighted by atomic mass is 10.2. The standard InChI is InChI=1S/C9H12N2O2/c1-10-11(2)8-5-3-4-7(6-8)9(12)13/h3-6,10H,1-2H3,(H,12,13). The first-order chi connectivity index (χ1) is 6.15. The van der Waals surface area contributed by atoms with Crippen molar-refractivity contribution in [3.05, 3.63) is 29.8 Å². The number of carbonyl (C=O) groups is 1. The summed E-state index contributed by atoms with van der Waals surface area (Å²) < 4.78 is 0. The van der Waals surface area contributed by atoms with E-state index in [4.69, 9.17) is 5.11 Å². The molecule has 0 fully saturated rings. The average molecular weight is 180 g/mol. The van der Waals surface area contributed by atoms with Crippen molar-refractivity contribution in [3.63, 3.8) is 0 Å². The summed E-state index contributed by atoms with van der Waals surface area (Å²) in [6, 6.07) is 6.73. The Labute approximate surface area is 76.8 Å². The molecule has 13 heavy (non-hydrogen) atoms. The molecule has 0 aromatic heterocycles. The number of hydrogen-bond donors (Lipinski definition) is 2. The quantitative estimate of drug-likeness (QED) is 0.680. The van der Waals surface area contributed by atoms with Crippen molar-refractivity contribution >= 4 is 11.7 Å². The highest BCUT2D eigenvalue weighted by atomic mass is 16.4. The molecule has 1 rings (SSSR count). The van der Waals surface area contributed by atoms with Gasteiger partial charge in [-0.2, -0.15) is 0 Å². The fraction of sp³-hybridized carbons (Fsp3) is 0.222.